The number of hydrogen-bond acceptors (Lipinski definition) is 3. The van der Waals surface area contributed by atoms with Crippen LogP contribution in [0.1, 0.15) is 13.0 Å². The highest BCUT2D eigenvalue weighted by Crippen LogP contribution is 2.16. The molecular formula is C10H12N4O. The summed E-state index contributed by atoms with van der Waals surface area (Å²) in [5, 5.41) is 0. The van der Waals surface area contributed by atoms with Crippen LogP contribution in [0.25, 0.3) is 11.0 Å². The Balaban J connectivity index is 2.48. The number of nitrogens with two attached hydrogens (primary N) is 1. The first-order chi connectivity index (χ1) is 7.24. The zero-order chi connectivity index (χ0) is 10.8. The lowest BCUT2D eigenvalue weighted by Crippen LogP contribution is -2.35. The molecule has 1 amide bonds. The first-order valence-corrected chi connectivity index (χ1v) is 4.66. The van der Waals surface area contributed by atoms with Crippen LogP contribution < -0.4 is 11.3 Å². The Morgan fingerprint density at radius 3 is 3.00 bits per heavy atom. The number of benzene rings is 1. The Labute approximate surface area is 86.9 Å². The lowest BCUT2D eigenvalue weighted by Gasteiger charge is -2.11. The largest absolute Gasteiger partial charge is 0.318 e. The number of para-hydroxylation sites is 2. The smallest absolute Gasteiger partial charge is 0.256 e. The van der Waals surface area contributed by atoms with E-state index in [0.717, 1.165) is 11.0 Å². The third kappa shape index (κ3) is 1.57. The van der Waals surface area contributed by atoms with Gasteiger partial charge in [-0.2, -0.15) is 0 Å². The summed E-state index contributed by atoms with van der Waals surface area (Å²) < 4.78 is 1.79. The molecule has 0 fully saturated rings. The molecule has 2 rings (SSSR count). The van der Waals surface area contributed by atoms with Crippen LogP contribution in [0.4, 0.5) is 0 Å². The molecule has 3 N–H and O–H groups in total. The van der Waals surface area contributed by atoms with E-state index in [4.69, 9.17) is 5.84 Å². The molecule has 0 spiro atoms. The zero-order valence-electron chi connectivity index (χ0n) is 8.34. The van der Waals surface area contributed by atoms with Crippen molar-refractivity contribution >= 4 is 16.9 Å². The van der Waals surface area contributed by atoms with Gasteiger partial charge >= 0.3 is 0 Å². The maximum absolute atomic E-state index is 11.4. The molecule has 0 aliphatic rings. The summed E-state index contributed by atoms with van der Waals surface area (Å²) in [5.41, 5.74) is 3.92. The van der Waals surface area contributed by atoms with Crippen LogP contribution in [0.3, 0.4) is 0 Å². The molecule has 1 atom stereocenters. The maximum Gasteiger partial charge on any atom is 0.256 e. The molecule has 0 radical (unpaired) electrons. The summed E-state index contributed by atoms with van der Waals surface area (Å²) in [5.74, 6) is 4.85. The van der Waals surface area contributed by atoms with E-state index in [0.29, 0.717) is 0 Å². The molecule has 1 heterocycles. The van der Waals surface area contributed by atoms with Crippen LogP contribution in [-0.4, -0.2) is 15.5 Å². The number of rotatable bonds is 2. The minimum Gasteiger partial charge on any atom is -0.318 e. The predicted octanol–water partition coefficient (Wildman–Crippen LogP) is 0.587. The van der Waals surface area contributed by atoms with Crippen molar-refractivity contribution in [1.82, 2.24) is 15.0 Å². The summed E-state index contributed by atoms with van der Waals surface area (Å²) >= 11 is 0. The second-order valence-corrected chi connectivity index (χ2v) is 3.33. The highest BCUT2D eigenvalue weighted by Gasteiger charge is 2.15. The van der Waals surface area contributed by atoms with E-state index in [1.54, 1.807) is 17.8 Å². The van der Waals surface area contributed by atoms with Crippen molar-refractivity contribution in [1.29, 1.82) is 0 Å². The average molecular weight is 204 g/mol. The number of aromatic nitrogens is 2. The Bertz CT molecular complexity index is 491. The molecule has 5 heteroatoms. The topological polar surface area (TPSA) is 72.9 Å². The van der Waals surface area contributed by atoms with E-state index in [1.165, 1.54) is 0 Å². The fourth-order valence-corrected chi connectivity index (χ4v) is 1.53. The summed E-state index contributed by atoms with van der Waals surface area (Å²) in [6.07, 6.45) is 1.64. The van der Waals surface area contributed by atoms with Crippen molar-refractivity contribution < 1.29 is 4.79 Å². The average Bonchev–Trinajstić information content (AvgIpc) is 2.70. The van der Waals surface area contributed by atoms with Gasteiger partial charge in [0, 0.05) is 0 Å². The fraction of sp³-hybridized carbons (Fsp3) is 0.200. The molecular weight excluding hydrogens is 192 g/mol. The number of imidazole rings is 1. The quantitative estimate of drug-likeness (QED) is 0.427. The molecule has 0 aliphatic heterocycles. The summed E-state index contributed by atoms with van der Waals surface area (Å²) in [6.45, 7) is 1.77. The number of carbonyl (C=O) groups excluding carboxylic acids is 1. The van der Waals surface area contributed by atoms with Gasteiger partial charge in [0.2, 0.25) is 0 Å². The number of amides is 1. The number of nitrogens with one attached hydrogen (secondary N) is 1. The maximum atomic E-state index is 11.4. The van der Waals surface area contributed by atoms with Crippen molar-refractivity contribution in [2.75, 3.05) is 0 Å². The van der Waals surface area contributed by atoms with Gasteiger partial charge < -0.3 is 4.57 Å². The van der Waals surface area contributed by atoms with Gasteiger partial charge in [0.1, 0.15) is 6.04 Å². The lowest BCUT2D eigenvalue weighted by molar-refractivity contribution is -0.123. The van der Waals surface area contributed by atoms with Crippen LogP contribution in [0.15, 0.2) is 30.6 Å². The minimum atomic E-state index is -0.359. The van der Waals surface area contributed by atoms with Crippen LogP contribution in [0.5, 0.6) is 0 Å². The standard InChI is InChI=1S/C10H12N4O/c1-7(10(15)13-11)14-6-12-8-4-2-3-5-9(8)14/h2-7H,11H2,1H3,(H,13,15). The van der Waals surface area contributed by atoms with Crippen molar-refractivity contribution in [3.05, 3.63) is 30.6 Å². The first-order valence-electron chi connectivity index (χ1n) is 4.66. The number of hydrazine groups is 1. The van der Waals surface area contributed by atoms with E-state index in [9.17, 15) is 4.79 Å². The van der Waals surface area contributed by atoms with Gasteiger partial charge in [-0.25, -0.2) is 10.8 Å². The van der Waals surface area contributed by atoms with Gasteiger partial charge in [-0.05, 0) is 19.1 Å². The summed E-state index contributed by atoms with van der Waals surface area (Å²) in [6, 6.07) is 7.28. The van der Waals surface area contributed by atoms with Crippen LogP contribution in [0.2, 0.25) is 0 Å². The Kier molecular flexibility index (Phi) is 2.39. The van der Waals surface area contributed by atoms with Gasteiger partial charge in [-0.1, -0.05) is 12.1 Å². The van der Waals surface area contributed by atoms with Crippen molar-refractivity contribution in [3.63, 3.8) is 0 Å². The fourth-order valence-electron chi connectivity index (χ4n) is 1.53. The SMILES string of the molecule is CC(C(=O)NN)n1cnc2ccccc21. The molecule has 0 aliphatic carbocycles. The number of carbonyl (C=O) groups is 1. The number of fused-ring (bicyclic) bond motifs is 1. The van der Waals surface area contributed by atoms with Gasteiger partial charge in [-0.3, -0.25) is 10.2 Å². The second kappa shape index (κ2) is 3.70. The van der Waals surface area contributed by atoms with E-state index >= 15 is 0 Å². The Morgan fingerprint density at radius 2 is 2.27 bits per heavy atom. The third-order valence-electron chi connectivity index (χ3n) is 2.42. The summed E-state index contributed by atoms with van der Waals surface area (Å²) in [7, 11) is 0. The first kappa shape index (κ1) is 9.67. The second-order valence-electron chi connectivity index (χ2n) is 3.33. The van der Waals surface area contributed by atoms with Gasteiger partial charge in [0.25, 0.3) is 5.91 Å². The molecule has 5 nitrogen and oxygen atoms in total. The number of hydrogen-bond donors (Lipinski definition) is 2. The monoisotopic (exact) mass is 204 g/mol. The third-order valence-corrected chi connectivity index (χ3v) is 2.42. The van der Waals surface area contributed by atoms with E-state index in [-0.39, 0.29) is 11.9 Å². The zero-order valence-corrected chi connectivity index (χ0v) is 8.34. The normalized spacial score (nSPS) is 12.7. The highest BCUT2D eigenvalue weighted by atomic mass is 16.2. The van der Waals surface area contributed by atoms with E-state index in [1.807, 2.05) is 24.3 Å². The Hall–Kier alpha value is -1.88. The van der Waals surface area contributed by atoms with Gasteiger partial charge in [0.15, 0.2) is 0 Å². The van der Waals surface area contributed by atoms with Crippen molar-refractivity contribution in [2.45, 2.75) is 13.0 Å². The van der Waals surface area contributed by atoms with Crippen molar-refractivity contribution in [2.24, 2.45) is 5.84 Å². The van der Waals surface area contributed by atoms with Gasteiger partial charge in [-0.15, -0.1) is 0 Å². The summed E-state index contributed by atoms with van der Waals surface area (Å²) in [4.78, 5) is 15.6. The van der Waals surface area contributed by atoms with Gasteiger partial charge in [0.05, 0.1) is 17.4 Å². The minimum absolute atomic E-state index is 0.238. The molecule has 0 saturated heterocycles. The molecule has 2 aromatic rings. The van der Waals surface area contributed by atoms with Crippen LogP contribution in [0, 0.1) is 0 Å². The van der Waals surface area contributed by atoms with Crippen LogP contribution in [-0.2, 0) is 4.79 Å². The molecule has 0 bridgehead atoms. The van der Waals surface area contributed by atoms with E-state index < -0.39 is 0 Å². The molecule has 0 saturated carbocycles. The van der Waals surface area contributed by atoms with Crippen LogP contribution >= 0.6 is 0 Å². The highest BCUT2D eigenvalue weighted by molar-refractivity contribution is 5.83. The Morgan fingerprint density at radius 1 is 1.53 bits per heavy atom. The molecule has 15 heavy (non-hydrogen) atoms. The molecule has 1 aromatic heterocycles. The predicted molar refractivity (Wildman–Crippen MR) is 56.8 cm³/mol. The molecule has 78 valence electrons. The number of nitrogens with zero attached hydrogens (tertiary/aromatic N) is 2. The molecule has 1 unspecified atom stereocenters. The van der Waals surface area contributed by atoms with E-state index in [2.05, 4.69) is 10.4 Å². The lowest BCUT2D eigenvalue weighted by atomic mass is 10.2. The van der Waals surface area contributed by atoms with Crippen molar-refractivity contribution in [3.8, 4) is 0 Å². The molecule has 1 aromatic carbocycles.